The second kappa shape index (κ2) is 8.72. The molecule has 1 unspecified atom stereocenters. The molecular formula is C19H29Cl. The van der Waals surface area contributed by atoms with Crippen molar-refractivity contribution in [3.8, 4) is 0 Å². The summed E-state index contributed by atoms with van der Waals surface area (Å²) in [5.41, 5.74) is 2.77. The molecule has 0 bridgehead atoms. The van der Waals surface area contributed by atoms with Gasteiger partial charge >= 0.3 is 0 Å². The van der Waals surface area contributed by atoms with E-state index in [9.17, 15) is 0 Å². The second-order valence-corrected chi connectivity index (χ2v) is 6.93. The Labute approximate surface area is 129 Å². The van der Waals surface area contributed by atoms with E-state index in [0.29, 0.717) is 0 Å². The minimum atomic E-state index is 0.207. The van der Waals surface area contributed by atoms with Gasteiger partial charge in [-0.15, -0.1) is 11.6 Å². The molecule has 0 heterocycles. The van der Waals surface area contributed by atoms with Crippen molar-refractivity contribution in [2.24, 2.45) is 5.92 Å². The molecule has 1 fully saturated rings. The van der Waals surface area contributed by atoms with Crippen molar-refractivity contribution >= 4 is 11.6 Å². The van der Waals surface area contributed by atoms with Crippen molar-refractivity contribution in [2.45, 2.75) is 76.5 Å². The summed E-state index contributed by atoms with van der Waals surface area (Å²) in [6.07, 6.45) is 13.4. The Bertz CT molecular complexity index is 360. The summed E-state index contributed by atoms with van der Waals surface area (Å²) in [6, 6.07) is 9.04. The molecule has 20 heavy (non-hydrogen) atoms. The molecule has 1 saturated carbocycles. The Morgan fingerprint density at radius 3 is 2.30 bits per heavy atom. The maximum absolute atomic E-state index is 6.65. The van der Waals surface area contributed by atoms with E-state index in [0.717, 1.165) is 12.3 Å². The first-order valence-corrected chi connectivity index (χ1v) is 8.96. The number of benzene rings is 1. The molecule has 2 rings (SSSR count). The van der Waals surface area contributed by atoms with E-state index < -0.39 is 0 Å². The second-order valence-electron chi connectivity index (χ2n) is 6.41. The summed E-state index contributed by atoms with van der Waals surface area (Å²) >= 11 is 6.65. The molecule has 0 N–H and O–H groups in total. The highest BCUT2D eigenvalue weighted by Crippen LogP contribution is 2.34. The van der Waals surface area contributed by atoms with Crippen molar-refractivity contribution in [3.63, 3.8) is 0 Å². The lowest BCUT2D eigenvalue weighted by Gasteiger charge is -2.18. The zero-order valence-corrected chi connectivity index (χ0v) is 13.7. The van der Waals surface area contributed by atoms with Crippen LogP contribution in [0.25, 0.3) is 0 Å². The van der Waals surface area contributed by atoms with Crippen molar-refractivity contribution < 1.29 is 0 Å². The van der Waals surface area contributed by atoms with Gasteiger partial charge in [0.25, 0.3) is 0 Å². The minimum Gasteiger partial charge on any atom is -0.118 e. The molecule has 0 radical (unpaired) electrons. The summed E-state index contributed by atoms with van der Waals surface area (Å²) in [7, 11) is 0. The van der Waals surface area contributed by atoms with Crippen LogP contribution in [0.4, 0.5) is 0 Å². The standard InChI is InChI=1S/C19H29Cl/c1-2-3-8-16-11-13-18(14-12-16)19(20)15-17-9-6-4-5-7-10-17/h11-14,17,19H,2-10,15H2,1H3. The number of hydrogen-bond donors (Lipinski definition) is 0. The first kappa shape index (κ1) is 15.9. The highest BCUT2D eigenvalue weighted by Gasteiger charge is 2.17. The van der Waals surface area contributed by atoms with Crippen LogP contribution >= 0.6 is 11.6 Å². The van der Waals surface area contributed by atoms with Gasteiger partial charge in [-0.3, -0.25) is 0 Å². The molecule has 1 aromatic carbocycles. The highest BCUT2D eigenvalue weighted by molar-refractivity contribution is 6.20. The summed E-state index contributed by atoms with van der Waals surface area (Å²) in [6.45, 7) is 2.25. The lowest BCUT2D eigenvalue weighted by Crippen LogP contribution is -2.03. The number of aryl methyl sites for hydroxylation is 1. The number of rotatable bonds is 6. The SMILES string of the molecule is CCCCc1ccc(C(Cl)CC2CCCCCC2)cc1. The van der Waals surface area contributed by atoms with Gasteiger partial charge < -0.3 is 0 Å². The zero-order chi connectivity index (χ0) is 14.2. The van der Waals surface area contributed by atoms with Gasteiger partial charge in [0.2, 0.25) is 0 Å². The van der Waals surface area contributed by atoms with Gasteiger partial charge in [-0.1, -0.05) is 76.1 Å². The third-order valence-electron chi connectivity index (χ3n) is 4.68. The summed E-state index contributed by atoms with van der Waals surface area (Å²) in [4.78, 5) is 0. The van der Waals surface area contributed by atoms with Gasteiger partial charge in [0.1, 0.15) is 0 Å². The number of alkyl halides is 1. The van der Waals surface area contributed by atoms with Crippen molar-refractivity contribution in [2.75, 3.05) is 0 Å². The lowest BCUT2D eigenvalue weighted by molar-refractivity contribution is 0.423. The smallest absolute Gasteiger partial charge is 0.0587 e. The molecule has 1 aromatic rings. The topological polar surface area (TPSA) is 0 Å². The van der Waals surface area contributed by atoms with Crippen molar-refractivity contribution in [3.05, 3.63) is 35.4 Å². The molecule has 112 valence electrons. The molecule has 1 atom stereocenters. The van der Waals surface area contributed by atoms with Crippen LogP contribution in [0.3, 0.4) is 0 Å². The third kappa shape index (κ3) is 5.13. The van der Waals surface area contributed by atoms with Gasteiger partial charge in [0.15, 0.2) is 0 Å². The van der Waals surface area contributed by atoms with Gasteiger partial charge in [-0.2, -0.15) is 0 Å². The molecule has 0 nitrogen and oxygen atoms in total. The lowest BCUT2D eigenvalue weighted by atomic mass is 9.92. The Morgan fingerprint density at radius 1 is 1.05 bits per heavy atom. The fourth-order valence-electron chi connectivity index (χ4n) is 3.30. The van der Waals surface area contributed by atoms with E-state index in [1.54, 1.807) is 0 Å². The van der Waals surface area contributed by atoms with Gasteiger partial charge in [0.05, 0.1) is 5.38 Å². The van der Waals surface area contributed by atoms with Crippen LogP contribution in [0, 0.1) is 5.92 Å². The Morgan fingerprint density at radius 2 is 1.70 bits per heavy atom. The third-order valence-corrected chi connectivity index (χ3v) is 5.11. The summed E-state index contributed by atoms with van der Waals surface area (Å²) in [5, 5.41) is 0.207. The van der Waals surface area contributed by atoms with Crippen LogP contribution in [0.2, 0.25) is 0 Å². The fourth-order valence-corrected chi connectivity index (χ4v) is 3.70. The molecular weight excluding hydrogens is 264 g/mol. The molecule has 1 aliphatic carbocycles. The van der Waals surface area contributed by atoms with E-state index in [-0.39, 0.29) is 5.38 Å². The maximum Gasteiger partial charge on any atom is 0.0587 e. The molecule has 1 aliphatic rings. The summed E-state index contributed by atoms with van der Waals surface area (Å²) in [5.74, 6) is 0.847. The molecule has 0 aliphatic heterocycles. The predicted octanol–water partition coefficient (Wildman–Crippen LogP) is 6.67. The van der Waals surface area contributed by atoms with Crippen molar-refractivity contribution in [1.82, 2.24) is 0 Å². The molecule has 0 amide bonds. The van der Waals surface area contributed by atoms with E-state index in [1.807, 2.05) is 0 Å². The highest BCUT2D eigenvalue weighted by atomic mass is 35.5. The average molecular weight is 293 g/mol. The maximum atomic E-state index is 6.65. The van der Waals surface area contributed by atoms with Crippen LogP contribution in [-0.4, -0.2) is 0 Å². The molecule has 0 spiro atoms. The Kier molecular flexibility index (Phi) is 6.93. The number of hydrogen-bond acceptors (Lipinski definition) is 0. The van der Waals surface area contributed by atoms with Crippen LogP contribution in [-0.2, 0) is 6.42 Å². The average Bonchev–Trinajstić information content (AvgIpc) is 2.74. The summed E-state index contributed by atoms with van der Waals surface area (Å²) < 4.78 is 0. The zero-order valence-electron chi connectivity index (χ0n) is 12.9. The Hall–Kier alpha value is -0.490. The first-order valence-electron chi connectivity index (χ1n) is 8.52. The number of unbranched alkanes of at least 4 members (excludes halogenated alkanes) is 1. The molecule has 1 heteroatoms. The minimum absolute atomic E-state index is 0.207. The van der Waals surface area contributed by atoms with Crippen LogP contribution in [0.15, 0.2) is 24.3 Å². The van der Waals surface area contributed by atoms with E-state index in [2.05, 4.69) is 31.2 Å². The van der Waals surface area contributed by atoms with Crippen LogP contribution in [0.5, 0.6) is 0 Å². The van der Waals surface area contributed by atoms with Crippen LogP contribution in [0.1, 0.15) is 81.2 Å². The van der Waals surface area contributed by atoms with Gasteiger partial charge in [-0.05, 0) is 36.3 Å². The van der Waals surface area contributed by atoms with Gasteiger partial charge in [0, 0.05) is 0 Å². The Balaban J connectivity index is 1.86. The van der Waals surface area contributed by atoms with Crippen LogP contribution < -0.4 is 0 Å². The predicted molar refractivity (Wildman–Crippen MR) is 89.5 cm³/mol. The monoisotopic (exact) mass is 292 g/mol. The normalized spacial score (nSPS) is 18.7. The van der Waals surface area contributed by atoms with E-state index >= 15 is 0 Å². The molecule has 0 saturated heterocycles. The fraction of sp³-hybridized carbons (Fsp3) is 0.684. The largest absolute Gasteiger partial charge is 0.118 e. The first-order chi connectivity index (χ1) is 9.79. The van der Waals surface area contributed by atoms with Crippen molar-refractivity contribution in [1.29, 1.82) is 0 Å². The quantitative estimate of drug-likeness (QED) is 0.406. The number of halogens is 1. The van der Waals surface area contributed by atoms with E-state index in [4.69, 9.17) is 11.6 Å². The van der Waals surface area contributed by atoms with Gasteiger partial charge in [-0.25, -0.2) is 0 Å². The molecule has 0 aromatic heterocycles. The van der Waals surface area contributed by atoms with E-state index in [1.165, 1.54) is 68.9 Å².